The number of rotatable bonds is 33. The maximum Gasteiger partial charge on any atom is 0.362 e. The molecule has 0 amide bonds. The van der Waals surface area contributed by atoms with Gasteiger partial charge in [-0.15, -0.1) is 0 Å². The molecule has 0 aromatic rings. The van der Waals surface area contributed by atoms with E-state index in [-0.39, 0.29) is 49.1 Å². The molecule has 0 fully saturated rings. The van der Waals surface area contributed by atoms with Crippen molar-refractivity contribution in [3.8, 4) is 0 Å². The van der Waals surface area contributed by atoms with Gasteiger partial charge in [-0.2, -0.15) is 0 Å². The Bertz CT molecular complexity index is 1120. The van der Waals surface area contributed by atoms with Gasteiger partial charge in [-0.3, -0.25) is 9.59 Å². The highest BCUT2D eigenvalue weighted by Gasteiger charge is 2.31. The van der Waals surface area contributed by atoms with E-state index < -0.39 is 18.1 Å². The minimum absolute atomic E-state index is 0.0183. The maximum atomic E-state index is 12.6. The minimum Gasteiger partial charge on any atom is -0.477 e. The van der Waals surface area contributed by atoms with Crippen molar-refractivity contribution < 1.29 is 38.2 Å². The number of nitrogens with zero attached hydrogens (tertiary/aromatic N) is 1. The Labute approximate surface area is 316 Å². The van der Waals surface area contributed by atoms with Crippen LogP contribution in [0, 0.1) is 0 Å². The van der Waals surface area contributed by atoms with Crippen LogP contribution in [0.15, 0.2) is 85.1 Å². The van der Waals surface area contributed by atoms with Crippen LogP contribution >= 0.6 is 0 Å². The Morgan fingerprint density at radius 2 is 1.06 bits per heavy atom. The second-order valence-electron chi connectivity index (χ2n) is 13.8. The van der Waals surface area contributed by atoms with Gasteiger partial charge in [0.15, 0.2) is 12.1 Å². The van der Waals surface area contributed by atoms with E-state index in [1.807, 2.05) is 21.1 Å². The molecule has 0 aromatic heterocycles. The number of esters is 2. The highest BCUT2D eigenvalue weighted by Crippen LogP contribution is 2.10. The molecular weight excluding hydrogens is 654 g/mol. The van der Waals surface area contributed by atoms with Crippen LogP contribution in [0.25, 0.3) is 0 Å². The number of carbonyl (C=O) groups is 3. The van der Waals surface area contributed by atoms with Gasteiger partial charge in [0, 0.05) is 19.3 Å². The van der Waals surface area contributed by atoms with E-state index in [4.69, 9.17) is 14.2 Å². The van der Waals surface area contributed by atoms with E-state index in [1.54, 1.807) is 0 Å². The lowest BCUT2D eigenvalue weighted by Gasteiger charge is -2.31. The van der Waals surface area contributed by atoms with Gasteiger partial charge >= 0.3 is 17.9 Å². The molecule has 0 aliphatic rings. The molecule has 0 aromatic carbocycles. The second kappa shape index (κ2) is 34.6. The summed E-state index contributed by atoms with van der Waals surface area (Å²) in [5.74, 6) is -1.63. The number of ether oxygens (including phenoxy) is 3. The molecule has 0 spiro atoms. The van der Waals surface area contributed by atoms with Gasteiger partial charge in [-0.05, 0) is 77.0 Å². The van der Waals surface area contributed by atoms with Crippen LogP contribution in [-0.4, -0.2) is 80.6 Å². The third-order valence-corrected chi connectivity index (χ3v) is 8.03. The fourth-order valence-corrected chi connectivity index (χ4v) is 4.99. The lowest BCUT2D eigenvalue weighted by atomic mass is 10.1. The molecule has 0 aliphatic carbocycles. The number of carboxylic acid groups (broad SMARTS) is 1. The minimum atomic E-state index is -0.895. The molecule has 0 saturated heterocycles. The summed E-state index contributed by atoms with van der Waals surface area (Å²) in [7, 11) is 5.47. The predicted molar refractivity (Wildman–Crippen MR) is 215 cm³/mol. The molecule has 1 N–H and O–H groups in total. The van der Waals surface area contributed by atoms with Crippen LogP contribution in [0.5, 0.6) is 0 Å². The molecule has 2 atom stereocenters. The molecule has 0 heterocycles. The van der Waals surface area contributed by atoms with Crippen molar-refractivity contribution in [3.05, 3.63) is 85.1 Å². The highest BCUT2D eigenvalue weighted by molar-refractivity contribution is 5.72. The van der Waals surface area contributed by atoms with Crippen LogP contribution in [0.3, 0.4) is 0 Å². The zero-order valence-electron chi connectivity index (χ0n) is 33.2. The zero-order valence-corrected chi connectivity index (χ0v) is 33.2. The normalized spacial score (nSPS) is 13.9. The summed E-state index contributed by atoms with van der Waals surface area (Å²) in [6, 6.07) is -0.634. The van der Waals surface area contributed by atoms with Crippen molar-refractivity contribution in [1.29, 1.82) is 0 Å². The number of hydrogen-bond acceptors (Lipinski definition) is 6. The Morgan fingerprint density at radius 3 is 1.52 bits per heavy atom. The van der Waals surface area contributed by atoms with E-state index in [2.05, 4.69) is 98.9 Å². The van der Waals surface area contributed by atoms with Gasteiger partial charge in [-0.25, -0.2) is 4.79 Å². The number of quaternary nitrogens is 1. The number of unbranched alkanes of at least 4 members (excludes halogenated alkanes) is 5. The zero-order chi connectivity index (χ0) is 38.5. The molecule has 52 heavy (non-hydrogen) atoms. The standard InChI is InChI=1S/C44H71NO7/c1-6-8-10-12-14-16-18-19-20-21-22-23-25-26-28-30-32-34-42(46)51-39-40(38-50-37-36-41(44(48)49)45(3,4)5)52-43(47)35-33-31-29-27-24-17-15-13-11-9-7-2/h9,11,14-17,19-20,22-23,26-29,40-41H,6-8,10,12-13,18,21,24-25,30-39H2,1-5H3/p+1/b11-9+,16-14+,17-15+,20-19+,23-22+,28-26+,29-27+. The second-order valence-corrected chi connectivity index (χ2v) is 13.8. The summed E-state index contributed by atoms with van der Waals surface area (Å²) in [6.45, 7) is 4.43. The summed E-state index contributed by atoms with van der Waals surface area (Å²) < 4.78 is 17.1. The molecule has 0 rings (SSSR count). The lowest BCUT2D eigenvalue weighted by Crippen LogP contribution is -2.50. The van der Waals surface area contributed by atoms with Crippen molar-refractivity contribution in [3.63, 3.8) is 0 Å². The van der Waals surface area contributed by atoms with E-state index in [0.29, 0.717) is 19.3 Å². The number of allylic oxidation sites excluding steroid dienone is 14. The van der Waals surface area contributed by atoms with Gasteiger partial charge in [0.2, 0.25) is 0 Å². The van der Waals surface area contributed by atoms with Crippen LogP contribution < -0.4 is 0 Å². The summed E-state index contributed by atoms with van der Waals surface area (Å²) in [5, 5.41) is 9.58. The summed E-state index contributed by atoms with van der Waals surface area (Å²) in [4.78, 5) is 36.7. The molecule has 0 aliphatic heterocycles. The first-order valence-corrected chi connectivity index (χ1v) is 19.6. The average Bonchev–Trinajstić information content (AvgIpc) is 3.09. The van der Waals surface area contributed by atoms with Crippen LogP contribution in [0.2, 0.25) is 0 Å². The predicted octanol–water partition coefficient (Wildman–Crippen LogP) is 10.2. The maximum absolute atomic E-state index is 12.6. The lowest BCUT2D eigenvalue weighted by molar-refractivity contribution is -0.887. The van der Waals surface area contributed by atoms with Crippen LogP contribution in [0.4, 0.5) is 0 Å². The van der Waals surface area contributed by atoms with Gasteiger partial charge in [0.05, 0.1) is 34.4 Å². The van der Waals surface area contributed by atoms with E-state index in [1.165, 1.54) is 25.7 Å². The molecule has 8 nitrogen and oxygen atoms in total. The van der Waals surface area contributed by atoms with Gasteiger partial charge < -0.3 is 23.8 Å². The summed E-state index contributed by atoms with van der Waals surface area (Å²) >= 11 is 0. The Balaban J connectivity index is 4.57. The fourth-order valence-electron chi connectivity index (χ4n) is 4.99. The smallest absolute Gasteiger partial charge is 0.362 e. The van der Waals surface area contributed by atoms with E-state index >= 15 is 0 Å². The number of likely N-dealkylation sites (N-methyl/N-ethyl adjacent to an activating group) is 1. The van der Waals surface area contributed by atoms with Crippen LogP contribution in [0.1, 0.15) is 123 Å². The Morgan fingerprint density at radius 1 is 0.596 bits per heavy atom. The Hall–Kier alpha value is -3.49. The summed E-state index contributed by atoms with van der Waals surface area (Å²) in [6.07, 6.45) is 43.6. The summed E-state index contributed by atoms with van der Waals surface area (Å²) in [5.41, 5.74) is 0. The third-order valence-electron chi connectivity index (χ3n) is 8.03. The Kier molecular flexibility index (Phi) is 32.3. The fraction of sp³-hybridized carbons (Fsp3) is 0.614. The third kappa shape index (κ3) is 32.4. The topological polar surface area (TPSA) is 99.1 Å². The van der Waals surface area contributed by atoms with E-state index in [0.717, 1.165) is 51.4 Å². The first-order valence-electron chi connectivity index (χ1n) is 19.6. The first kappa shape index (κ1) is 48.5. The van der Waals surface area contributed by atoms with Gasteiger partial charge in [-0.1, -0.05) is 112 Å². The number of carboxylic acids is 1. The quantitative estimate of drug-likeness (QED) is 0.0311. The molecule has 0 saturated carbocycles. The number of hydrogen-bond donors (Lipinski definition) is 1. The molecular formula is C44H72NO7+. The molecule has 2 unspecified atom stereocenters. The first-order chi connectivity index (χ1) is 25.1. The SMILES string of the molecule is CC/C=C/C/C=C/C/C=C/CCCC(=O)OC(COCCC(C(=O)O)[N+](C)(C)C)COC(=O)CCC/C=C/C/C=C/C/C=C/C/C=C/CCCCC. The van der Waals surface area contributed by atoms with Crippen LogP contribution in [-0.2, 0) is 28.6 Å². The van der Waals surface area contributed by atoms with Crippen molar-refractivity contribution in [2.75, 3.05) is 41.0 Å². The highest BCUT2D eigenvalue weighted by atomic mass is 16.6. The van der Waals surface area contributed by atoms with Crippen molar-refractivity contribution >= 4 is 17.9 Å². The van der Waals surface area contributed by atoms with E-state index in [9.17, 15) is 19.5 Å². The van der Waals surface area contributed by atoms with Crippen molar-refractivity contribution in [2.24, 2.45) is 0 Å². The average molecular weight is 727 g/mol. The van der Waals surface area contributed by atoms with Crippen molar-refractivity contribution in [1.82, 2.24) is 0 Å². The van der Waals surface area contributed by atoms with Gasteiger partial charge in [0.25, 0.3) is 0 Å². The molecule has 294 valence electrons. The number of carbonyl (C=O) groups excluding carboxylic acids is 2. The largest absolute Gasteiger partial charge is 0.477 e. The molecule has 0 radical (unpaired) electrons. The van der Waals surface area contributed by atoms with Gasteiger partial charge in [0.1, 0.15) is 6.61 Å². The monoisotopic (exact) mass is 727 g/mol. The molecule has 0 bridgehead atoms. The number of aliphatic carboxylic acids is 1. The van der Waals surface area contributed by atoms with Crippen molar-refractivity contribution in [2.45, 2.75) is 135 Å². The molecule has 8 heteroatoms.